The van der Waals surface area contributed by atoms with E-state index in [4.69, 9.17) is 16.3 Å². The second kappa shape index (κ2) is 7.64. The highest BCUT2D eigenvalue weighted by Gasteiger charge is 2.07. The van der Waals surface area contributed by atoms with E-state index in [9.17, 15) is 9.18 Å². The van der Waals surface area contributed by atoms with Crippen molar-refractivity contribution in [3.63, 3.8) is 0 Å². The van der Waals surface area contributed by atoms with E-state index < -0.39 is 5.82 Å². The predicted molar refractivity (Wildman–Crippen MR) is 81.2 cm³/mol. The molecule has 0 spiro atoms. The minimum absolute atomic E-state index is 0.133. The Hall–Kier alpha value is -2.07. The van der Waals surface area contributed by atoms with Gasteiger partial charge in [0.1, 0.15) is 11.6 Å². The average Bonchev–Trinajstić information content (AvgIpc) is 2.48. The Morgan fingerprint density at radius 2 is 1.95 bits per heavy atom. The van der Waals surface area contributed by atoms with Crippen molar-refractivity contribution < 1.29 is 13.9 Å². The number of nitrogens with one attached hydrogen (secondary N) is 1. The van der Waals surface area contributed by atoms with E-state index in [2.05, 4.69) is 5.32 Å². The van der Waals surface area contributed by atoms with Crippen molar-refractivity contribution in [1.82, 2.24) is 0 Å². The molecule has 0 atom stereocenters. The van der Waals surface area contributed by atoms with Gasteiger partial charge in [-0.15, -0.1) is 0 Å². The van der Waals surface area contributed by atoms with Crippen LogP contribution < -0.4 is 10.1 Å². The van der Waals surface area contributed by atoms with Crippen LogP contribution in [0.5, 0.6) is 5.75 Å². The van der Waals surface area contributed by atoms with Crippen molar-refractivity contribution in [3.05, 3.63) is 59.4 Å². The highest BCUT2D eigenvalue weighted by atomic mass is 35.5. The van der Waals surface area contributed by atoms with Crippen LogP contribution in [0.3, 0.4) is 0 Å². The van der Waals surface area contributed by atoms with Gasteiger partial charge in [0, 0.05) is 11.4 Å². The van der Waals surface area contributed by atoms with Gasteiger partial charge < -0.3 is 10.1 Å². The van der Waals surface area contributed by atoms with Crippen LogP contribution >= 0.6 is 11.6 Å². The lowest BCUT2D eigenvalue weighted by atomic mass is 10.2. The summed E-state index contributed by atoms with van der Waals surface area (Å²) < 4.78 is 19.0. The highest BCUT2D eigenvalue weighted by molar-refractivity contribution is 6.30. The number of amides is 1. The van der Waals surface area contributed by atoms with Crippen LogP contribution in [0.2, 0.25) is 5.02 Å². The van der Waals surface area contributed by atoms with Crippen LogP contribution in [-0.4, -0.2) is 12.5 Å². The van der Waals surface area contributed by atoms with Crippen LogP contribution in [0, 0.1) is 5.82 Å². The molecule has 2 aromatic carbocycles. The Balaban J connectivity index is 1.72. The van der Waals surface area contributed by atoms with E-state index in [0.29, 0.717) is 18.1 Å². The lowest BCUT2D eigenvalue weighted by molar-refractivity contribution is -0.116. The number of benzene rings is 2. The zero-order valence-corrected chi connectivity index (χ0v) is 12.1. The molecule has 0 aromatic heterocycles. The largest absolute Gasteiger partial charge is 0.494 e. The molecule has 0 bridgehead atoms. The molecule has 1 amide bonds. The molecular weight excluding hydrogens is 293 g/mol. The van der Waals surface area contributed by atoms with Crippen LogP contribution in [0.25, 0.3) is 0 Å². The van der Waals surface area contributed by atoms with Crippen molar-refractivity contribution >= 4 is 23.2 Å². The maximum absolute atomic E-state index is 13.5. The highest BCUT2D eigenvalue weighted by Crippen LogP contribution is 2.19. The van der Waals surface area contributed by atoms with Gasteiger partial charge in [-0.2, -0.15) is 0 Å². The SMILES string of the molecule is O=C(CCCOc1ccccc1)Nc1ccc(Cl)cc1F. The Morgan fingerprint density at radius 3 is 2.67 bits per heavy atom. The maximum Gasteiger partial charge on any atom is 0.224 e. The molecule has 0 aliphatic heterocycles. The molecule has 2 rings (SSSR count). The predicted octanol–water partition coefficient (Wildman–Crippen LogP) is 4.28. The van der Waals surface area contributed by atoms with Gasteiger partial charge >= 0.3 is 0 Å². The summed E-state index contributed by atoms with van der Waals surface area (Å²) in [6.45, 7) is 0.431. The molecule has 5 heteroatoms. The standard InChI is InChI=1S/C16H15ClFNO2/c17-12-8-9-15(14(18)11-12)19-16(20)7-4-10-21-13-5-2-1-3-6-13/h1-3,5-6,8-9,11H,4,7,10H2,(H,19,20). The van der Waals surface area contributed by atoms with Crippen molar-refractivity contribution in [1.29, 1.82) is 0 Å². The topological polar surface area (TPSA) is 38.3 Å². The van der Waals surface area contributed by atoms with Crippen molar-refractivity contribution in [3.8, 4) is 5.75 Å². The zero-order chi connectivity index (χ0) is 15.1. The van der Waals surface area contributed by atoms with Crippen molar-refractivity contribution in [2.45, 2.75) is 12.8 Å². The van der Waals surface area contributed by atoms with Gasteiger partial charge in [0.2, 0.25) is 5.91 Å². The van der Waals surface area contributed by atoms with E-state index in [-0.39, 0.29) is 18.0 Å². The van der Waals surface area contributed by atoms with Gasteiger partial charge in [-0.25, -0.2) is 4.39 Å². The summed E-state index contributed by atoms with van der Waals surface area (Å²) in [5, 5.41) is 2.80. The molecule has 0 fully saturated rings. The van der Waals surface area contributed by atoms with Crippen LogP contribution in [0.4, 0.5) is 10.1 Å². The van der Waals surface area contributed by atoms with Gasteiger partial charge in [-0.1, -0.05) is 29.8 Å². The number of halogens is 2. The first-order valence-corrected chi connectivity index (χ1v) is 6.96. The van der Waals surface area contributed by atoms with E-state index in [1.807, 2.05) is 30.3 Å². The molecule has 21 heavy (non-hydrogen) atoms. The Bertz CT molecular complexity index is 604. The van der Waals surface area contributed by atoms with E-state index in [1.165, 1.54) is 12.1 Å². The molecule has 0 unspecified atom stereocenters. The average molecular weight is 308 g/mol. The fourth-order valence-electron chi connectivity index (χ4n) is 1.74. The molecule has 110 valence electrons. The quantitative estimate of drug-likeness (QED) is 0.809. The third-order valence-electron chi connectivity index (χ3n) is 2.77. The monoisotopic (exact) mass is 307 g/mol. The van der Waals surface area contributed by atoms with Crippen LogP contribution in [0.15, 0.2) is 48.5 Å². The fourth-order valence-corrected chi connectivity index (χ4v) is 1.90. The Kier molecular flexibility index (Phi) is 5.58. The van der Waals surface area contributed by atoms with Gasteiger partial charge in [-0.3, -0.25) is 4.79 Å². The minimum atomic E-state index is -0.545. The number of hydrogen-bond acceptors (Lipinski definition) is 2. The summed E-state index contributed by atoms with van der Waals surface area (Å²) in [7, 11) is 0. The van der Waals surface area contributed by atoms with Gasteiger partial charge in [-0.05, 0) is 36.8 Å². The summed E-state index contributed by atoms with van der Waals surface area (Å²) >= 11 is 5.64. The first-order valence-electron chi connectivity index (χ1n) is 6.58. The van der Waals surface area contributed by atoms with Gasteiger partial charge in [0.15, 0.2) is 0 Å². The molecule has 0 heterocycles. The third kappa shape index (κ3) is 5.08. The van der Waals surface area contributed by atoms with Crippen LogP contribution in [-0.2, 0) is 4.79 Å². The molecule has 0 saturated carbocycles. The minimum Gasteiger partial charge on any atom is -0.494 e. The second-order valence-corrected chi connectivity index (χ2v) is 4.87. The first kappa shape index (κ1) is 15.3. The van der Waals surface area contributed by atoms with E-state index in [1.54, 1.807) is 0 Å². The summed E-state index contributed by atoms with van der Waals surface area (Å²) in [5.41, 5.74) is 0.133. The summed E-state index contributed by atoms with van der Waals surface area (Å²) in [6.07, 6.45) is 0.810. The molecule has 1 N–H and O–H groups in total. The Morgan fingerprint density at radius 1 is 1.19 bits per heavy atom. The molecule has 0 aliphatic rings. The molecule has 2 aromatic rings. The summed E-state index contributed by atoms with van der Waals surface area (Å²) in [4.78, 5) is 11.7. The number of anilines is 1. The normalized spacial score (nSPS) is 10.2. The number of carbonyl (C=O) groups is 1. The smallest absolute Gasteiger partial charge is 0.224 e. The zero-order valence-electron chi connectivity index (χ0n) is 11.3. The van der Waals surface area contributed by atoms with E-state index >= 15 is 0 Å². The molecular formula is C16H15ClFNO2. The number of rotatable bonds is 6. The van der Waals surface area contributed by atoms with Gasteiger partial charge in [0.25, 0.3) is 0 Å². The van der Waals surface area contributed by atoms with E-state index in [0.717, 1.165) is 11.8 Å². The number of para-hydroxylation sites is 1. The molecule has 0 radical (unpaired) electrons. The summed E-state index contributed by atoms with van der Waals surface area (Å²) in [6, 6.07) is 13.5. The third-order valence-corrected chi connectivity index (χ3v) is 3.00. The molecule has 0 aliphatic carbocycles. The number of carbonyl (C=O) groups excluding carboxylic acids is 1. The van der Waals surface area contributed by atoms with Crippen LogP contribution in [0.1, 0.15) is 12.8 Å². The first-order chi connectivity index (χ1) is 10.1. The molecule has 0 saturated heterocycles. The van der Waals surface area contributed by atoms with Gasteiger partial charge in [0.05, 0.1) is 12.3 Å². The lowest BCUT2D eigenvalue weighted by Gasteiger charge is -2.08. The Labute approximate surface area is 127 Å². The number of ether oxygens (including phenoxy) is 1. The molecule has 3 nitrogen and oxygen atoms in total. The second-order valence-electron chi connectivity index (χ2n) is 4.44. The lowest BCUT2D eigenvalue weighted by Crippen LogP contribution is -2.13. The number of hydrogen-bond donors (Lipinski definition) is 1. The maximum atomic E-state index is 13.5. The summed E-state index contributed by atoms with van der Waals surface area (Å²) in [5.74, 6) is -0.0362. The van der Waals surface area contributed by atoms with Crippen molar-refractivity contribution in [2.24, 2.45) is 0 Å². The van der Waals surface area contributed by atoms with Crippen molar-refractivity contribution in [2.75, 3.05) is 11.9 Å². The fraction of sp³-hybridized carbons (Fsp3) is 0.188.